The van der Waals surface area contributed by atoms with Gasteiger partial charge in [-0.25, -0.2) is 4.79 Å². The van der Waals surface area contributed by atoms with E-state index in [-0.39, 0.29) is 29.1 Å². The number of hydrogen-bond donors (Lipinski definition) is 1. The van der Waals surface area contributed by atoms with E-state index in [0.29, 0.717) is 12.5 Å². The summed E-state index contributed by atoms with van der Waals surface area (Å²) in [7, 11) is 0. The summed E-state index contributed by atoms with van der Waals surface area (Å²) in [4.78, 5) is 51.7. The van der Waals surface area contributed by atoms with Crippen molar-refractivity contribution in [1.82, 2.24) is 10.2 Å². The number of amides is 3. The van der Waals surface area contributed by atoms with Gasteiger partial charge in [0.1, 0.15) is 0 Å². The Morgan fingerprint density at radius 2 is 1.70 bits per heavy atom. The molecule has 2 aromatic carbocycles. The van der Waals surface area contributed by atoms with Crippen molar-refractivity contribution < 1.29 is 23.9 Å². The SMILES string of the molecule is CC(OC(=O)c1ccc2c(c1)C(=O)N(Cc1ccccc1)C2=O)C(=O)NCC1CCCCC1. The molecule has 172 valence electrons. The summed E-state index contributed by atoms with van der Waals surface area (Å²) in [5.41, 5.74) is 1.38. The molecule has 0 bridgehead atoms. The molecular formula is C26H28N2O5. The van der Waals surface area contributed by atoms with Gasteiger partial charge < -0.3 is 10.1 Å². The van der Waals surface area contributed by atoms with Gasteiger partial charge in [-0.1, -0.05) is 49.6 Å². The molecule has 1 N–H and O–H groups in total. The minimum absolute atomic E-state index is 0.128. The molecule has 0 spiro atoms. The predicted octanol–water partition coefficient (Wildman–Crippen LogP) is 3.72. The Labute approximate surface area is 193 Å². The van der Waals surface area contributed by atoms with E-state index in [4.69, 9.17) is 4.74 Å². The van der Waals surface area contributed by atoms with Crippen molar-refractivity contribution in [1.29, 1.82) is 0 Å². The van der Waals surface area contributed by atoms with E-state index < -0.39 is 23.9 Å². The van der Waals surface area contributed by atoms with Crippen LogP contribution in [0.15, 0.2) is 48.5 Å². The van der Waals surface area contributed by atoms with E-state index in [2.05, 4.69) is 5.32 Å². The number of carbonyl (C=O) groups is 4. The van der Waals surface area contributed by atoms with Crippen LogP contribution in [-0.4, -0.2) is 41.2 Å². The highest BCUT2D eigenvalue weighted by Gasteiger charge is 2.36. The Kier molecular flexibility index (Phi) is 6.87. The van der Waals surface area contributed by atoms with Crippen LogP contribution in [0.5, 0.6) is 0 Å². The minimum Gasteiger partial charge on any atom is -0.449 e. The molecule has 1 heterocycles. The lowest BCUT2D eigenvalue weighted by atomic mass is 9.89. The van der Waals surface area contributed by atoms with Gasteiger partial charge in [0.25, 0.3) is 17.7 Å². The average molecular weight is 449 g/mol. The van der Waals surface area contributed by atoms with Crippen molar-refractivity contribution in [3.05, 3.63) is 70.8 Å². The third-order valence-corrected chi connectivity index (χ3v) is 6.33. The van der Waals surface area contributed by atoms with Crippen LogP contribution in [0.2, 0.25) is 0 Å². The summed E-state index contributed by atoms with van der Waals surface area (Å²) in [6.07, 6.45) is 4.88. The molecule has 1 saturated carbocycles. The van der Waals surface area contributed by atoms with E-state index in [1.54, 1.807) is 0 Å². The quantitative estimate of drug-likeness (QED) is 0.515. The lowest BCUT2D eigenvalue weighted by Crippen LogP contribution is -2.38. The lowest BCUT2D eigenvalue weighted by Gasteiger charge is -2.22. The zero-order valence-corrected chi connectivity index (χ0v) is 18.7. The van der Waals surface area contributed by atoms with Crippen molar-refractivity contribution in [2.75, 3.05) is 6.54 Å². The molecule has 1 unspecified atom stereocenters. The summed E-state index contributed by atoms with van der Waals surface area (Å²) in [5.74, 6) is -1.42. The van der Waals surface area contributed by atoms with Gasteiger partial charge in [-0.3, -0.25) is 19.3 Å². The highest BCUT2D eigenvalue weighted by atomic mass is 16.5. The van der Waals surface area contributed by atoms with Gasteiger partial charge in [0.05, 0.1) is 23.2 Å². The standard InChI is InChI=1S/C26H28N2O5/c1-17(23(29)27-15-18-8-4-2-5-9-18)33-26(32)20-12-13-21-22(14-20)25(31)28(24(21)30)16-19-10-6-3-7-11-19/h3,6-7,10-14,17-18H,2,4-5,8-9,15-16H2,1H3,(H,27,29). The van der Waals surface area contributed by atoms with Gasteiger partial charge in [0.2, 0.25) is 0 Å². The highest BCUT2D eigenvalue weighted by Crippen LogP contribution is 2.26. The van der Waals surface area contributed by atoms with Gasteiger partial charge in [-0.05, 0) is 49.4 Å². The summed E-state index contributed by atoms with van der Waals surface area (Å²) in [6.45, 7) is 2.27. The molecule has 1 atom stereocenters. The first-order chi connectivity index (χ1) is 15.9. The maximum absolute atomic E-state index is 12.8. The van der Waals surface area contributed by atoms with Gasteiger partial charge in [0, 0.05) is 6.54 Å². The molecule has 3 amide bonds. The molecule has 4 rings (SSSR count). The smallest absolute Gasteiger partial charge is 0.338 e. The van der Waals surface area contributed by atoms with Crippen LogP contribution in [0.1, 0.15) is 75.7 Å². The Balaban J connectivity index is 1.37. The van der Waals surface area contributed by atoms with Crippen LogP contribution in [0.3, 0.4) is 0 Å². The number of carbonyl (C=O) groups excluding carboxylic acids is 4. The first kappa shape index (κ1) is 22.7. The first-order valence-corrected chi connectivity index (χ1v) is 11.5. The van der Waals surface area contributed by atoms with Crippen LogP contribution in [0.4, 0.5) is 0 Å². The molecule has 2 aliphatic rings. The summed E-state index contributed by atoms with van der Waals surface area (Å²) in [5, 5.41) is 2.87. The number of ether oxygens (including phenoxy) is 1. The van der Waals surface area contributed by atoms with E-state index in [0.717, 1.165) is 23.3 Å². The van der Waals surface area contributed by atoms with Gasteiger partial charge in [-0.2, -0.15) is 0 Å². The molecule has 0 saturated heterocycles. The zero-order valence-electron chi connectivity index (χ0n) is 18.7. The van der Waals surface area contributed by atoms with Crippen molar-refractivity contribution in [3.63, 3.8) is 0 Å². The summed E-state index contributed by atoms with van der Waals surface area (Å²) < 4.78 is 5.32. The molecule has 33 heavy (non-hydrogen) atoms. The van der Waals surface area contributed by atoms with Crippen molar-refractivity contribution in [2.24, 2.45) is 5.92 Å². The lowest BCUT2D eigenvalue weighted by molar-refractivity contribution is -0.129. The first-order valence-electron chi connectivity index (χ1n) is 11.5. The maximum atomic E-state index is 12.8. The maximum Gasteiger partial charge on any atom is 0.338 e. The van der Waals surface area contributed by atoms with Crippen LogP contribution in [-0.2, 0) is 16.1 Å². The largest absolute Gasteiger partial charge is 0.449 e. The number of esters is 1. The van der Waals surface area contributed by atoms with Crippen LogP contribution >= 0.6 is 0 Å². The number of fused-ring (bicyclic) bond motifs is 1. The molecule has 1 aliphatic heterocycles. The second-order valence-corrected chi connectivity index (χ2v) is 8.74. The normalized spacial score (nSPS) is 16.9. The minimum atomic E-state index is -0.957. The fraction of sp³-hybridized carbons (Fsp3) is 0.385. The van der Waals surface area contributed by atoms with Crippen molar-refractivity contribution >= 4 is 23.7 Å². The van der Waals surface area contributed by atoms with Gasteiger partial charge in [0.15, 0.2) is 6.10 Å². The number of nitrogens with zero attached hydrogens (tertiary/aromatic N) is 1. The molecule has 0 aromatic heterocycles. The average Bonchev–Trinajstić information content (AvgIpc) is 3.08. The molecule has 0 radical (unpaired) electrons. The van der Waals surface area contributed by atoms with Crippen molar-refractivity contribution in [2.45, 2.75) is 51.7 Å². The summed E-state index contributed by atoms with van der Waals surface area (Å²) >= 11 is 0. The second-order valence-electron chi connectivity index (χ2n) is 8.74. The van der Waals surface area contributed by atoms with Crippen molar-refractivity contribution in [3.8, 4) is 0 Å². The van der Waals surface area contributed by atoms with Gasteiger partial charge in [-0.15, -0.1) is 0 Å². The number of benzene rings is 2. The molecular weight excluding hydrogens is 420 g/mol. The van der Waals surface area contributed by atoms with E-state index >= 15 is 0 Å². The number of hydrogen-bond acceptors (Lipinski definition) is 5. The highest BCUT2D eigenvalue weighted by molar-refractivity contribution is 6.21. The predicted molar refractivity (Wildman–Crippen MR) is 122 cm³/mol. The van der Waals surface area contributed by atoms with E-state index in [1.807, 2.05) is 30.3 Å². The van der Waals surface area contributed by atoms with Crippen LogP contribution in [0, 0.1) is 5.92 Å². The Bertz CT molecular complexity index is 1060. The molecule has 1 fully saturated rings. The van der Waals surface area contributed by atoms with Crippen LogP contribution < -0.4 is 5.32 Å². The topological polar surface area (TPSA) is 92.8 Å². The zero-order chi connectivity index (χ0) is 23.4. The molecule has 2 aromatic rings. The molecule has 7 nitrogen and oxygen atoms in total. The number of nitrogens with one attached hydrogen (secondary N) is 1. The van der Waals surface area contributed by atoms with Crippen LogP contribution in [0.25, 0.3) is 0 Å². The third kappa shape index (κ3) is 5.13. The van der Waals surface area contributed by atoms with Gasteiger partial charge >= 0.3 is 5.97 Å². The Hall–Kier alpha value is -3.48. The molecule has 7 heteroatoms. The Morgan fingerprint density at radius 3 is 2.42 bits per heavy atom. The fourth-order valence-corrected chi connectivity index (χ4v) is 4.39. The second kappa shape index (κ2) is 9.98. The molecule has 1 aliphatic carbocycles. The summed E-state index contributed by atoms with van der Waals surface area (Å²) in [6, 6.07) is 13.5. The fourth-order valence-electron chi connectivity index (χ4n) is 4.39. The number of rotatable bonds is 7. The van der Waals surface area contributed by atoms with E-state index in [1.165, 1.54) is 44.4 Å². The Morgan fingerprint density at radius 1 is 1.00 bits per heavy atom. The van der Waals surface area contributed by atoms with E-state index in [9.17, 15) is 19.2 Å². The number of imide groups is 1. The third-order valence-electron chi connectivity index (χ3n) is 6.33. The monoisotopic (exact) mass is 448 g/mol.